The minimum absolute atomic E-state index is 0.0712. The lowest BCUT2D eigenvalue weighted by Gasteiger charge is -2.21. The lowest BCUT2D eigenvalue weighted by atomic mass is 10.1. The number of rotatable bonds is 10. The molecule has 0 bridgehead atoms. The Kier molecular flexibility index (Phi) is 8.21. The molecule has 0 aromatic carbocycles. The van der Waals surface area contributed by atoms with Gasteiger partial charge in [-0.1, -0.05) is 13.8 Å². The van der Waals surface area contributed by atoms with E-state index in [4.69, 9.17) is 20.3 Å². The molecule has 3 rings (SSSR count). The summed E-state index contributed by atoms with van der Waals surface area (Å²) < 4.78 is 49.9. The Hall–Kier alpha value is -1.36. The van der Waals surface area contributed by atoms with Gasteiger partial charge in [-0.15, -0.1) is 4.86 Å². The maximum atomic E-state index is 12.0. The van der Waals surface area contributed by atoms with Crippen molar-refractivity contribution in [1.82, 2.24) is 24.4 Å². The molecule has 0 spiro atoms. The Morgan fingerprint density at radius 1 is 1.20 bits per heavy atom. The average Bonchev–Trinajstić information content (AvgIpc) is 3.22. The number of nitrogens with one attached hydrogen (secondary N) is 1. The molecule has 1 saturated heterocycles. The predicted molar refractivity (Wildman–Crippen MR) is 116 cm³/mol. The zero-order chi connectivity index (χ0) is 26.3. The van der Waals surface area contributed by atoms with E-state index in [9.17, 15) is 33.7 Å². The van der Waals surface area contributed by atoms with Crippen molar-refractivity contribution >= 4 is 40.3 Å². The molecule has 0 amide bonds. The van der Waals surface area contributed by atoms with Crippen LogP contribution in [-0.4, -0.2) is 74.2 Å². The topological polar surface area (TPSA) is 282 Å². The second kappa shape index (κ2) is 10.2. The van der Waals surface area contributed by atoms with Crippen LogP contribution in [-0.2, 0) is 27.3 Å². The average molecular weight is 562 g/mol. The van der Waals surface area contributed by atoms with Crippen LogP contribution in [0.1, 0.15) is 38.2 Å². The van der Waals surface area contributed by atoms with Gasteiger partial charge in [-0.2, -0.15) is 4.31 Å². The fraction of sp³-hybridized carbons (Fsp3) is 0.643. The lowest BCUT2D eigenvalue weighted by molar-refractivity contribution is -0.0517. The number of nitrogens with two attached hydrogens (primary N) is 1. The minimum Gasteiger partial charge on any atom is -0.387 e. The van der Waals surface area contributed by atoms with Gasteiger partial charge in [-0.05, 0) is 6.42 Å². The molecule has 18 nitrogen and oxygen atoms in total. The number of imidazole rings is 1. The Morgan fingerprint density at radius 3 is 2.46 bits per heavy atom. The minimum atomic E-state index is -5.47. The summed E-state index contributed by atoms with van der Waals surface area (Å²) in [5.41, 5.74) is 6.32. The third kappa shape index (κ3) is 6.50. The van der Waals surface area contributed by atoms with Gasteiger partial charge in [0.1, 0.15) is 30.5 Å². The molecule has 21 heteroatoms. The number of phosphoric acid groups is 1. The van der Waals surface area contributed by atoms with Crippen LogP contribution >= 0.6 is 23.3 Å². The van der Waals surface area contributed by atoms with Crippen LogP contribution in [0.3, 0.4) is 0 Å². The molecule has 1 aliphatic rings. The summed E-state index contributed by atoms with van der Waals surface area (Å²) in [5, 5.41) is 21.1. The van der Waals surface area contributed by atoms with E-state index in [1.165, 1.54) is 10.9 Å². The number of nitrogen functional groups attached to an aromatic ring is 1. The number of nitrogens with zero attached hydrogens (tertiary/aromatic N) is 4. The highest BCUT2D eigenvalue weighted by atomic mass is 31.3. The SMILES string of the molecule is CCC(C)c1nc2c(N)ncnc2n1[C@@H]1O[C@H](COP(=O)(O)OP(=O)(O)NP(=O)(O)O)[C@@H](O)[C@H]1O. The standard InChI is InChI=1S/C14H25N6O12P3/c1-3-6(2)12-18-8-11(15)16-5-17-13(8)20(12)14-10(22)9(21)7(31-14)4-30-35(28,29)32-34(26,27)19-33(23,24)25/h5-7,9-10,14,21-22H,3-4H2,1-2H3,(H,28,29)(H2,15,16,17)(H4,19,23,24,25,26,27)/t6?,7-,9-,10-,14-/m1/s1. The number of ether oxygens (including phenoxy) is 1. The zero-order valence-electron chi connectivity index (χ0n) is 18.2. The Balaban J connectivity index is 1.82. The van der Waals surface area contributed by atoms with Gasteiger partial charge in [0.2, 0.25) is 0 Å². The smallest absolute Gasteiger partial charge is 0.387 e. The van der Waals surface area contributed by atoms with Gasteiger partial charge in [-0.25, -0.2) is 28.6 Å². The normalized spacial score (nSPS) is 27.5. The lowest BCUT2D eigenvalue weighted by Crippen LogP contribution is -2.34. The van der Waals surface area contributed by atoms with Crippen molar-refractivity contribution < 1.29 is 57.1 Å². The van der Waals surface area contributed by atoms with Crippen LogP contribution in [0.25, 0.3) is 11.2 Å². The van der Waals surface area contributed by atoms with Crippen molar-refractivity contribution in [3.8, 4) is 0 Å². The molecule has 7 atom stereocenters. The molecule has 0 radical (unpaired) electrons. The van der Waals surface area contributed by atoms with E-state index in [1.54, 1.807) is 0 Å². The van der Waals surface area contributed by atoms with Crippen molar-refractivity contribution in [1.29, 1.82) is 0 Å². The van der Waals surface area contributed by atoms with Crippen LogP contribution < -0.4 is 10.6 Å². The summed E-state index contributed by atoms with van der Waals surface area (Å²) in [7, 11) is -16.2. The number of fused-ring (bicyclic) bond motifs is 1. The first-order chi connectivity index (χ1) is 16.1. The van der Waals surface area contributed by atoms with Gasteiger partial charge in [0.05, 0.1) is 6.61 Å². The molecule has 2 aromatic heterocycles. The maximum Gasteiger partial charge on any atom is 0.480 e. The number of aromatic nitrogens is 4. The van der Waals surface area contributed by atoms with E-state index in [-0.39, 0.29) is 22.9 Å². The number of anilines is 1. The van der Waals surface area contributed by atoms with Gasteiger partial charge in [0, 0.05) is 5.92 Å². The van der Waals surface area contributed by atoms with E-state index in [0.717, 1.165) is 4.86 Å². The Morgan fingerprint density at radius 2 is 1.86 bits per heavy atom. The number of aliphatic hydroxyl groups is 2. The molecule has 2 aromatic rings. The van der Waals surface area contributed by atoms with Gasteiger partial charge < -0.3 is 40.3 Å². The van der Waals surface area contributed by atoms with Crippen molar-refractivity contribution in [2.45, 2.75) is 50.7 Å². The Bertz CT molecular complexity index is 1220. The van der Waals surface area contributed by atoms with E-state index in [2.05, 4.69) is 23.8 Å². The first-order valence-electron chi connectivity index (χ1n) is 9.91. The number of phosphoric ester groups is 1. The monoisotopic (exact) mass is 562 g/mol. The molecular formula is C14H25N6O12P3. The van der Waals surface area contributed by atoms with Crippen molar-refractivity contribution in [2.75, 3.05) is 12.3 Å². The van der Waals surface area contributed by atoms with E-state index < -0.39 is 54.5 Å². The third-order valence-corrected chi connectivity index (χ3v) is 9.29. The molecule has 9 N–H and O–H groups in total. The number of hydrogen-bond acceptors (Lipinski definition) is 12. The third-order valence-electron chi connectivity index (χ3n) is 5.05. The van der Waals surface area contributed by atoms with Gasteiger partial charge in [0.15, 0.2) is 23.2 Å². The van der Waals surface area contributed by atoms with Crippen LogP contribution in [0, 0.1) is 0 Å². The highest BCUT2D eigenvalue weighted by Gasteiger charge is 2.47. The molecule has 0 aliphatic carbocycles. The maximum absolute atomic E-state index is 12.0. The zero-order valence-corrected chi connectivity index (χ0v) is 20.9. The van der Waals surface area contributed by atoms with Crippen molar-refractivity contribution in [2.24, 2.45) is 0 Å². The van der Waals surface area contributed by atoms with E-state index in [1.807, 2.05) is 13.8 Å². The quantitative estimate of drug-likeness (QED) is 0.169. The van der Waals surface area contributed by atoms with Crippen LogP contribution in [0.2, 0.25) is 0 Å². The molecule has 1 fully saturated rings. The second-order valence-corrected chi connectivity index (χ2v) is 12.4. The van der Waals surface area contributed by atoms with Crippen LogP contribution in [0.4, 0.5) is 5.82 Å². The van der Waals surface area contributed by atoms with E-state index in [0.29, 0.717) is 12.2 Å². The van der Waals surface area contributed by atoms with Gasteiger partial charge >= 0.3 is 23.3 Å². The number of aliphatic hydroxyl groups excluding tert-OH is 2. The highest BCUT2D eigenvalue weighted by molar-refractivity contribution is 7.70. The molecular weight excluding hydrogens is 537 g/mol. The fourth-order valence-corrected chi connectivity index (χ4v) is 6.75. The highest BCUT2D eigenvalue weighted by Crippen LogP contribution is 2.61. The summed E-state index contributed by atoms with van der Waals surface area (Å²) >= 11 is 0. The van der Waals surface area contributed by atoms with Crippen molar-refractivity contribution in [3.05, 3.63) is 12.2 Å². The molecule has 3 unspecified atom stereocenters. The van der Waals surface area contributed by atoms with Crippen LogP contribution in [0.5, 0.6) is 0 Å². The second-order valence-electron chi connectivity index (χ2n) is 7.64. The predicted octanol–water partition coefficient (Wildman–Crippen LogP) is -0.543. The summed E-state index contributed by atoms with van der Waals surface area (Å²) in [4.78, 5) is 49.7. The molecule has 3 heterocycles. The summed E-state index contributed by atoms with van der Waals surface area (Å²) in [6.45, 7) is 2.81. The molecule has 198 valence electrons. The van der Waals surface area contributed by atoms with Crippen molar-refractivity contribution in [3.63, 3.8) is 0 Å². The largest absolute Gasteiger partial charge is 0.480 e. The Labute approximate surface area is 197 Å². The summed E-state index contributed by atoms with van der Waals surface area (Å²) in [6.07, 6.45) is -4.21. The number of hydrogen-bond donors (Lipinski definition) is 8. The summed E-state index contributed by atoms with van der Waals surface area (Å²) in [5.74, 6) is 0.313. The summed E-state index contributed by atoms with van der Waals surface area (Å²) in [6, 6.07) is 0. The van der Waals surface area contributed by atoms with Gasteiger partial charge in [0.25, 0.3) is 0 Å². The van der Waals surface area contributed by atoms with Crippen LogP contribution in [0.15, 0.2) is 6.33 Å². The fourth-order valence-electron chi connectivity index (χ4n) is 3.32. The first kappa shape index (κ1) is 28.2. The molecule has 35 heavy (non-hydrogen) atoms. The first-order valence-corrected chi connectivity index (χ1v) is 14.6. The molecule has 1 aliphatic heterocycles. The van der Waals surface area contributed by atoms with E-state index >= 15 is 0 Å². The molecule has 0 saturated carbocycles. The van der Waals surface area contributed by atoms with Gasteiger partial charge in [-0.3, -0.25) is 9.09 Å².